The normalized spacial score (nSPS) is 14.6. The van der Waals surface area contributed by atoms with Gasteiger partial charge in [0.2, 0.25) is 0 Å². The highest BCUT2D eigenvalue weighted by molar-refractivity contribution is 6.35. The molecule has 4 rings (SSSR count). The number of halogens is 1. The van der Waals surface area contributed by atoms with E-state index in [-0.39, 0.29) is 28.3 Å². The van der Waals surface area contributed by atoms with Gasteiger partial charge in [0.15, 0.2) is 0 Å². The number of aromatic nitrogens is 2. The third-order valence-corrected chi connectivity index (χ3v) is 6.11. The minimum Gasteiger partial charge on any atom is -0.444 e. The minimum atomic E-state index is -0.687. The fourth-order valence-corrected chi connectivity index (χ4v) is 4.17. The molecule has 3 aromatic rings. The number of rotatable bonds is 5. The quantitative estimate of drug-likeness (QED) is 0.430. The molecule has 1 aliphatic carbocycles. The first kappa shape index (κ1) is 25.5. The van der Waals surface area contributed by atoms with Gasteiger partial charge in [-0.3, -0.25) is 9.36 Å². The maximum absolute atomic E-state index is 13.7. The molecule has 0 spiro atoms. The van der Waals surface area contributed by atoms with E-state index in [9.17, 15) is 14.4 Å². The molecule has 0 radical (unpaired) electrons. The van der Waals surface area contributed by atoms with E-state index >= 15 is 0 Å². The molecule has 1 atom stereocenters. The van der Waals surface area contributed by atoms with E-state index in [1.54, 1.807) is 70.2 Å². The zero-order valence-electron chi connectivity index (χ0n) is 20.7. The van der Waals surface area contributed by atoms with Crippen LogP contribution in [-0.2, 0) is 4.74 Å². The third kappa shape index (κ3) is 5.79. The summed E-state index contributed by atoms with van der Waals surface area (Å²) in [5.74, 6) is 0.289. The molecule has 190 valence electrons. The summed E-state index contributed by atoms with van der Waals surface area (Å²) in [4.78, 5) is 43.2. The van der Waals surface area contributed by atoms with Crippen molar-refractivity contribution in [2.75, 3.05) is 5.32 Å². The molecule has 10 heteroatoms. The second kappa shape index (κ2) is 10.2. The lowest BCUT2D eigenvalue weighted by atomic mass is 9.93. The van der Waals surface area contributed by atoms with E-state index in [0.717, 1.165) is 19.3 Å². The highest BCUT2D eigenvalue weighted by Crippen LogP contribution is 2.24. The number of carbonyl (C=O) groups excluding carboxylic acids is 2. The maximum Gasteiger partial charge on any atom is 0.408 e. The summed E-state index contributed by atoms with van der Waals surface area (Å²) < 4.78 is 6.77. The molecule has 36 heavy (non-hydrogen) atoms. The number of carbonyl (C=O) groups is 2. The fourth-order valence-electron chi connectivity index (χ4n) is 3.92. The van der Waals surface area contributed by atoms with Crippen molar-refractivity contribution in [3.8, 4) is 5.69 Å². The lowest BCUT2D eigenvalue weighted by molar-refractivity contribution is 0.0505. The number of fused-ring (bicyclic) bond motifs is 1. The van der Waals surface area contributed by atoms with Crippen LogP contribution in [0.3, 0.4) is 0 Å². The Morgan fingerprint density at radius 1 is 1.17 bits per heavy atom. The van der Waals surface area contributed by atoms with E-state index in [4.69, 9.17) is 16.3 Å². The molecule has 9 nitrogen and oxygen atoms in total. The van der Waals surface area contributed by atoms with E-state index in [1.165, 1.54) is 4.57 Å². The number of nitrogens with one attached hydrogen (secondary N) is 3. The average molecular weight is 512 g/mol. The Morgan fingerprint density at radius 3 is 2.56 bits per heavy atom. The highest BCUT2D eigenvalue weighted by atomic mass is 35.5. The SMILES string of the molecule is C[C@H](NC(=O)OC(C)(C)C)c1nc2cccc(Cl)c2c(=O)n1-c1cccc(NC(=O)NC2CCC2)c1. The van der Waals surface area contributed by atoms with Crippen molar-refractivity contribution in [3.05, 3.63) is 63.7 Å². The van der Waals surface area contributed by atoms with Gasteiger partial charge in [-0.05, 0) is 77.3 Å². The molecule has 3 amide bonds. The molecule has 3 N–H and O–H groups in total. The summed E-state index contributed by atoms with van der Waals surface area (Å²) in [6.45, 7) is 7.02. The standard InChI is InChI=1S/C26H30ClN5O4/c1-15(28-25(35)36-26(2,3)4)22-31-20-13-7-12-19(27)21(20)23(33)32(22)18-11-6-10-17(14-18)30-24(34)29-16-8-5-9-16/h6-7,10-16H,5,8-9H2,1-4H3,(H,28,35)(H2,29,30,34)/t15-/m0/s1. The molecule has 1 heterocycles. The van der Waals surface area contributed by atoms with Crippen LogP contribution in [0.1, 0.15) is 58.8 Å². The monoisotopic (exact) mass is 511 g/mol. The third-order valence-electron chi connectivity index (χ3n) is 5.80. The van der Waals surface area contributed by atoms with Crippen molar-refractivity contribution in [3.63, 3.8) is 0 Å². The molecule has 1 aliphatic rings. The van der Waals surface area contributed by atoms with Crippen LogP contribution in [0.25, 0.3) is 16.6 Å². The first-order chi connectivity index (χ1) is 17.0. The van der Waals surface area contributed by atoms with Crippen LogP contribution in [0, 0.1) is 0 Å². The lowest BCUT2D eigenvalue weighted by Crippen LogP contribution is -2.41. The number of benzene rings is 2. The number of anilines is 1. The van der Waals surface area contributed by atoms with Crippen LogP contribution in [0.15, 0.2) is 47.3 Å². The first-order valence-corrected chi connectivity index (χ1v) is 12.3. The average Bonchev–Trinajstić information content (AvgIpc) is 2.75. The molecule has 0 unspecified atom stereocenters. The molecule has 0 bridgehead atoms. The van der Waals surface area contributed by atoms with Gasteiger partial charge >= 0.3 is 12.1 Å². The Hall–Kier alpha value is -3.59. The van der Waals surface area contributed by atoms with Crippen LogP contribution >= 0.6 is 11.6 Å². The summed E-state index contributed by atoms with van der Waals surface area (Å²) >= 11 is 6.37. The van der Waals surface area contributed by atoms with Gasteiger partial charge in [0, 0.05) is 11.7 Å². The Kier molecular flexibility index (Phi) is 7.21. The van der Waals surface area contributed by atoms with Crippen LogP contribution in [-0.4, -0.2) is 33.3 Å². The summed E-state index contributed by atoms with van der Waals surface area (Å²) in [7, 11) is 0. The Bertz CT molecular complexity index is 1360. The fraction of sp³-hybridized carbons (Fsp3) is 0.385. The largest absolute Gasteiger partial charge is 0.444 e. The van der Waals surface area contributed by atoms with Gasteiger partial charge in [-0.1, -0.05) is 23.7 Å². The zero-order valence-corrected chi connectivity index (χ0v) is 21.5. The van der Waals surface area contributed by atoms with Crippen molar-refractivity contribution in [2.24, 2.45) is 0 Å². The topological polar surface area (TPSA) is 114 Å². The predicted octanol–water partition coefficient (Wildman–Crippen LogP) is 5.30. The van der Waals surface area contributed by atoms with Gasteiger partial charge in [0.25, 0.3) is 5.56 Å². The molecule has 0 aliphatic heterocycles. The van der Waals surface area contributed by atoms with E-state index in [2.05, 4.69) is 20.9 Å². The van der Waals surface area contributed by atoms with Crippen LogP contribution in [0.5, 0.6) is 0 Å². The molecule has 2 aromatic carbocycles. The summed E-state index contributed by atoms with van der Waals surface area (Å²) in [6, 6.07) is 11.1. The van der Waals surface area contributed by atoms with Crippen LogP contribution in [0.2, 0.25) is 5.02 Å². The van der Waals surface area contributed by atoms with Crippen molar-refractivity contribution in [2.45, 2.75) is 64.6 Å². The molecule has 0 saturated heterocycles. The number of nitrogens with zero attached hydrogens (tertiary/aromatic N) is 2. The maximum atomic E-state index is 13.7. The zero-order chi connectivity index (χ0) is 26.0. The molecular weight excluding hydrogens is 482 g/mol. The number of hydrogen-bond acceptors (Lipinski definition) is 5. The van der Waals surface area contributed by atoms with Gasteiger partial charge in [0.1, 0.15) is 11.4 Å². The predicted molar refractivity (Wildman–Crippen MR) is 140 cm³/mol. The van der Waals surface area contributed by atoms with E-state index in [1.807, 2.05) is 0 Å². The van der Waals surface area contributed by atoms with E-state index in [0.29, 0.717) is 16.9 Å². The van der Waals surface area contributed by atoms with Crippen LogP contribution < -0.4 is 21.5 Å². The van der Waals surface area contributed by atoms with Gasteiger partial charge < -0.3 is 20.7 Å². The molecule has 1 saturated carbocycles. The van der Waals surface area contributed by atoms with Gasteiger partial charge in [-0.25, -0.2) is 14.6 Å². The van der Waals surface area contributed by atoms with Crippen molar-refractivity contribution >= 4 is 40.3 Å². The Labute approximate surface area is 214 Å². The van der Waals surface area contributed by atoms with Gasteiger partial charge in [-0.15, -0.1) is 0 Å². The molecule has 1 aromatic heterocycles. The summed E-state index contributed by atoms with van der Waals surface area (Å²) in [6.07, 6.45) is 2.42. The second-order valence-electron chi connectivity index (χ2n) is 9.89. The minimum absolute atomic E-state index is 0.189. The Balaban J connectivity index is 1.74. The van der Waals surface area contributed by atoms with Gasteiger partial charge in [0.05, 0.1) is 27.7 Å². The van der Waals surface area contributed by atoms with Crippen molar-refractivity contribution in [1.82, 2.24) is 20.2 Å². The van der Waals surface area contributed by atoms with Crippen LogP contribution in [0.4, 0.5) is 15.3 Å². The van der Waals surface area contributed by atoms with Crippen molar-refractivity contribution < 1.29 is 14.3 Å². The number of amides is 3. The molecule has 1 fully saturated rings. The smallest absolute Gasteiger partial charge is 0.408 e. The molecular formula is C26H30ClN5O4. The number of hydrogen-bond donors (Lipinski definition) is 3. The lowest BCUT2D eigenvalue weighted by Gasteiger charge is -2.26. The first-order valence-electron chi connectivity index (χ1n) is 11.9. The highest BCUT2D eigenvalue weighted by Gasteiger charge is 2.24. The van der Waals surface area contributed by atoms with Crippen molar-refractivity contribution in [1.29, 1.82) is 0 Å². The summed E-state index contributed by atoms with van der Waals surface area (Å²) in [5, 5.41) is 9.03. The Morgan fingerprint density at radius 2 is 1.89 bits per heavy atom. The van der Waals surface area contributed by atoms with Gasteiger partial charge in [-0.2, -0.15) is 0 Å². The number of ether oxygens (including phenoxy) is 1. The number of urea groups is 1. The number of alkyl carbamates (subject to hydrolysis) is 1. The summed E-state index contributed by atoms with van der Waals surface area (Å²) in [5.41, 5.74) is 0.298. The second-order valence-corrected chi connectivity index (χ2v) is 10.3. The van der Waals surface area contributed by atoms with E-state index < -0.39 is 23.3 Å².